The fourth-order valence-corrected chi connectivity index (χ4v) is 3.64. The Kier molecular flexibility index (Phi) is 2.26. The number of rotatable bonds is 1. The molecule has 2 aliphatic heterocycles. The van der Waals surface area contributed by atoms with Crippen LogP contribution in [0.3, 0.4) is 0 Å². The molecule has 0 bridgehead atoms. The van der Waals surface area contributed by atoms with E-state index >= 15 is 0 Å². The number of β-amino-alcohol motifs (C(OH)–C–C–N with tert-alkyl or cyclic N) is 1. The van der Waals surface area contributed by atoms with Crippen LogP contribution >= 0.6 is 0 Å². The van der Waals surface area contributed by atoms with Crippen LogP contribution in [0.5, 0.6) is 0 Å². The second-order valence-corrected chi connectivity index (χ2v) is 5.16. The SMILES string of the molecule is O[C@@H]1CCN([C@@H]2CC[C@@H]3CNC[C@H]32)C1. The molecule has 2 N–H and O–H groups in total. The quantitative estimate of drug-likeness (QED) is 0.622. The van der Waals surface area contributed by atoms with E-state index in [4.69, 9.17) is 0 Å². The van der Waals surface area contributed by atoms with Crippen molar-refractivity contribution < 1.29 is 5.11 Å². The zero-order valence-electron chi connectivity index (χ0n) is 8.65. The third kappa shape index (κ3) is 1.38. The predicted octanol–water partition coefficient (Wildman–Crippen LogP) is 0.0510. The van der Waals surface area contributed by atoms with Crippen molar-refractivity contribution in [3.8, 4) is 0 Å². The minimum atomic E-state index is -0.0524. The molecule has 0 aromatic heterocycles. The van der Waals surface area contributed by atoms with Crippen LogP contribution in [0.2, 0.25) is 0 Å². The molecule has 0 amide bonds. The van der Waals surface area contributed by atoms with Crippen molar-refractivity contribution in [3.63, 3.8) is 0 Å². The first-order valence-corrected chi connectivity index (χ1v) is 5.97. The molecule has 2 heterocycles. The van der Waals surface area contributed by atoms with E-state index in [1.807, 2.05) is 0 Å². The predicted molar refractivity (Wildman–Crippen MR) is 55.1 cm³/mol. The molecule has 0 radical (unpaired) electrons. The van der Waals surface area contributed by atoms with E-state index in [1.165, 1.54) is 25.9 Å². The summed E-state index contributed by atoms with van der Waals surface area (Å²) < 4.78 is 0. The number of fused-ring (bicyclic) bond motifs is 1. The summed E-state index contributed by atoms with van der Waals surface area (Å²) in [5.41, 5.74) is 0. The van der Waals surface area contributed by atoms with Gasteiger partial charge in [-0.15, -0.1) is 0 Å². The summed E-state index contributed by atoms with van der Waals surface area (Å²) in [6.45, 7) is 4.49. The van der Waals surface area contributed by atoms with Gasteiger partial charge in [0.1, 0.15) is 0 Å². The van der Waals surface area contributed by atoms with E-state index in [-0.39, 0.29) is 6.10 Å². The van der Waals surface area contributed by atoms with Crippen molar-refractivity contribution in [2.45, 2.75) is 31.4 Å². The molecule has 2 saturated heterocycles. The Morgan fingerprint density at radius 3 is 2.86 bits per heavy atom. The van der Waals surface area contributed by atoms with Gasteiger partial charge in [-0.05, 0) is 44.2 Å². The molecule has 0 aromatic carbocycles. The number of nitrogens with zero attached hydrogens (tertiary/aromatic N) is 1. The summed E-state index contributed by atoms with van der Waals surface area (Å²) >= 11 is 0. The summed E-state index contributed by atoms with van der Waals surface area (Å²) in [5, 5.41) is 13.0. The molecular weight excluding hydrogens is 176 g/mol. The molecule has 3 aliphatic rings. The Morgan fingerprint density at radius 2 is 2.07 bits per heavy atom. The van der Waals surface area contributed by atoms with Gasteiger partial charge in [-0.2, -0.15) is 0 Å². The Hall–Kier alpha value is -0.120. The maximum atomic E-state index is 9.54. The summed E-state index contributed by atoms with van der Waals surface area (Å²) in [7, 11) is 0. The van der Waals surface area contributed by atoms with Crippen molar-refractivity contribution in [3.05, 3.63) is 0 Å². The van der Waals surface area contributed by atoms with Crippen LogP contribution in [0.25, 0.3) is 0 Å². The van der Waals surface area contributed by atoms with Crippen LogP contribution in [0, 0.1) is 11.8 Å². The summed E-state index contributed by atoms with van der Waals surface area (Å²) in [4.78, 5) is 2.53. The molecule has 3 nitrogen and oxygen atoms in total. The van der Waals surface area contributed by atoms with Gasteiger partial charge in [-0.25, -0.2) is 0 Å². The maximum Gasteiger partial charge on any atom is 0.0679 e. The van der Waals surface area contributed by atoms with Crippen molar-refractivity contribution in [2.75, 3.05) is 26.2 Å². The topological polar surface area (TPSA) is 35.5 Å². The Bertz CT molecular complexity index is 221. The van der Waals surface area contributed by atoms with Gasteiger partial charge < -0.3 is 10.4 Å². The van der Waals surface area contributed by atoms with Crippen LogP contribution in [0.1, 0.15) is 19.3 Å². The number of nitrogens with one attached hydrogen (secondary N) is 1. The average molecular weight is 196 g/mol. The monoisotopic (exact) mass is 196 g/mol. The highest BCUT2D eigenvalue weighted by Gasteiger charge is 2.43. The molecule has 3 rings (SSSR count). The van der Waals surface area contributed by atoms with Gasteiger partial charge >= 0.3 is 0 Å². The van der Waals surface area contributed by atoms with Gasteiger partial charge in [-0.1, -0.05) is 0 Å². The lowest BCUT2D eigenvalue weighted by molar-refractivity contribution is 0.143. The Balaban J connectivity index is 1.67. The van der Waals surface area contributed by atoms with Gasteiger partial charge in [0.15, 0.2) is 0 Å². The van der Waals surface area contributed by atoms with E-state index in [1.54, 1.807) is 0 Å². The molecular formula is C11H20N2O. The van der Waals surface area contributed by atoms with E-state index in [0.717, 1.165) is 37.4 Å². The Labute approximate surface area is 85.5 Å². The van der Waals surface area contributed by atoms with Gasteiger partial charge in [0.25, 0.3) is 0 Å². The summed E-state index contributed by atoms with van der Waals surface area (Å²) in [6.07, 6.45) is 3.70. The first kappa shape index (κ1) is 9.13. The highest BCUT2D eigenvalue weighted by atomic mass is 16.3. The molecule has 0 unspecified atom stereocenters. The Morgan fingerprint density at radius 1 is 1.14 bits per heavy atom. The van der Waals surface area contributed by atoms with Crippen LogP contribution in [-0.4, -0.2) is 48.3 Å². The fourth-order valence-electron chi connectivity index (χ4n) is 3.64. The van der Waals surface area contributed by atoms with Gasteiger partial charge in [-0.3, -0.25) is 4.90 Å². The highest BCUT2D eigenvalue weighted by Crippen LogP contribution is 2.38. The van der Waals surface area contributed by atoms with Crippen LogP contribution in [-0.2, 0) is 0 Å². The smallest absolute Gasteiger partial charge is 0.0679 e. The zero-order valence-corrected chi connectivity index (χ0v) is 8.65. The lowest BCUT2D eigenvalue weighted by atomic mass is 9.97. The summed E-state index contributed by atoms with van der Waals surface area (Å²) in [6, 6.07) is 0.771. The number of aliphatic hydroxyl groups is 1. The van der Waals surface area contributed by atoms with Gasteiger partial charge in [0.05, 0.1) is 6.10 Å². The van der Waals surface area contributed by atoms with Crippen LogP contribution in [0.15, 0.2) is 0 Å². The first-order valence-electron chi connectivity index (χ1n) is 5.97. The van der Waals surface area contributed by atoms with Crippen molar-refractivity contribution >= 4 is 0 Å². The molecule has 1 aliphatic carbocycles. The number of likely N-dealkylation sites (tertiary alicyclic amines) is 1. The molecule has 0 aromatic rings. The van der Waals surface area contributed by atoms with Crippen molar-refractivity contribution in [2.24, 2.45) is 11.8 Å². The molecule has 1 saturated carbocycles. The molecule has 0 spiro atoms. The van der Waals surface area contributed by atoms with Gasteiger partial charge in [0.2, 0.25) is 0 Å². The summed E-state index contributed by atoms with van der Waals surface area (Å²) in [5.74, 6) is 1.80. The third-order valence-corrected chi connectivity index (χ3v) is 4.38. The van der Waals surface area contributed by atoms with Crippen LogP contribution in [0.4, 0.5) is 0 Å². The highest BCUT2D eigenvalue weighted by molar-refractivity contribution is 4.98. The second kappa shape index (κ2) is 3.47. The minimum absolute atomic E-state index is 0.0524. The van der Waals surface area contributed by atoms with Crippen molar-refractivity contribution in [1.82, 2.24) is 10.2 Å². The third-order valence-electron chi connectivity index (χ3n) is 4.38. The normalized spacial score (nSPS) is 48.6. The number of hydrogen-bond donors (Lipinski definition) is 2. The van der Waals surface area contributed by atoms with Gasteiger partial charge in [0, 0.05) is 19.1 Å². The largest absolute Gasteiger partial charge is 0.392 e. The average Bonchev–Trinajstić information content (AvgIpc) is 2.77. The lowest BCUT2D eigenvalue weighted by Crippen LogP contribution is -2.38. The van der Waals surface area contributed by atoms with E-state index in [9.17, 15) is 5.11 Å². The lowest BCUT2D eigenvalue weighted by Gasteiger charge is -2.28. The zero-order chi connectivity index (χ0) is 9.54. The molecule has 80 valence electrons. The van der Waals surface area contributed by atoms with Crippen molar-refractivity contribution in [1.29, 1.82) is 0 Å². The number of hydrogen-bond acceptors (Lipinski definition) is 3. The van der Waals surface area contributed by atoms with E-state index in [2.05, 4.69) is 10.2 Å². The first-order chi connectivity index (χ1) is 6.84. The van der Waals surface area contributed by atoms with E-state index in [0.29, 0.717) is 0 Å². The fraction of sp³-hybridized carbons (Fsp3) is 1.00. The van der Waals surface area contributed by atoms with E-state index < -0.39 is 0 Å². The van der Waals surface area contributed by atoms with Crippen LogP contribution < -0.4 is 5.32 Å². The molecule has 4 atom stereocenters. The standard InChI is InChI=1S/C11H20N2O/c14-9-3-4-13(7-9)11-2-1-8-5-12-6-10(8)11/h8-12,14H,1-7H2/t8-,9-,10-,11-/m1/s1. The second-order valence-electron chi connectivity index (χ2n) is 5.16. The minimum Gasteiger partial charge on any atom is -0.392 e. The molecule has 3 fully saturated rings. The number of aliphatic hydroxyl groups excluding tert-OH is 1. The maximum absolute atomic E-state index is 9.54. The molecule has 3 heteroatoms. The molecule has 14 heavy (non-hydrogen) atoms.